The van der Waals surface area contributed by atoms with Gasteiger partial charge in [0.2, 0.25) is 5.58 Å². The number of oxazole rings is 1. The lowest BCUT2D eigenvalue weighted by molar-refractivity contribution is -0.647. The topological polar surface area (TPSA) is 42.8 Å². The molecule has 0 unspecified atom stereocenters. The Labute approximate surface area is 112 Å². The van der Waals surface area contributed by atoms with Crippen molar-refractivity contribution in [2.45, 2.75) is 6.54 Å². The Bertz CT molecular complexity index is 954. The van der Waals surface area contributed by atoms with Crippen molar-refractivity contribution in [3.63, 3.8) is 0 Å². The fraction of sp³-hybridized carbons (Fsp3) is 0.0714. The van der Waals surface area contributed by atoms with Gasteiger partial charge in [0.05, 0.1) is 4.70 Å². The van der Waals surface area contributed by atoms with E-state index in [1.54, 1.807) is 11.3 Å². The van der Waals surface area contributed by atoms with E-state index in [1.165, 1.54) is 10.3 Å². The third kappa shape index (κ3) is 1.11. The molecule has 0 N–H and O–H groups in total. The molecule has 0 spiro atoms. The average Bonchev–Trinajstić information content (AvgIpc) is 3.07. The molecule has 0 aromatic carbocycles. The summed E-state index contributed by atoms with van der Waals surface area (Å²) >= 11 is 1.73. The van der Waals surface area contributed by atoms with E-state index >= 15 is 0 Å². The summed E-state index contributed by atoms with van der Waals surface area (Å²) in [5, 5.41) is 0. The zero-order valence-electron chi connectivity index (χ0n) is 9.83. The van der Waals surface area contributed by atoms with Crippen LogP contribution in [0.25, 0.3) is 32.1 Å². The quantitative estimate of drug-likeness (QED) is 0.405. The van der Waals surface area contributed by atoms with Crippen molar-refractivity contribution < 1.29 is 8.98 Å². The van der Waals surface area contributed by atoms with Crippen molar-refractivity contribution in [2.24, 2.45) is 0 Å². The maximum atomic E-state index is 6.06. The minimum atomic E-state index is 0.854. The number of fused-ring (bicyclic) bond motifs is 7. The SMILES string of the molecule is c1cnc2c(c1)sc1c2oc2[n+]1Cc1ccncc1-2. The number of aromatic nitrogens is 3. The van der Waals surface area contributed by atoms with Gasteiger partial charge in [0.1, 0.15) is 11.1 Å². The average molecular weight is 266 g/mol. The molecule has 0 bridgehead atoms. The highest BCUT2D eigenvalue weighted by Crippen LogP contribution is 2.37. The third-order valence-corrected chi connectivity index (χ3v) is 4.69. The van der Waals surface area contributed by atoms with Crippen LogP contribution in [-0.4, -0.2) is 9.97 Å². The van der Waals surface area contributed by atoms with E-state index in [2.05, 4.69) is 26.7 Å². The van der Waals surface area contributed by atoms with Crippen molar-refractivity contribution in [3.8, 4) is 11.5 Å². The lowest BCUT2D eigenvalue weighted by atomic mass is 10.2. The molecular formula is C14H8N3OS+. The molecule has 0 saturated heterocycles. The van der Waals surface area contributed by atoms with Crippen LogP contribution in [0.2, 0.25) is 0 Å². The van der Waals surface area contributed by atoms with Crippen molar-refractivity contribution in [3.05, 3.63) is 42.4 Å². The first-order valence-electron chi connectivity index (χ1n) is 6.05. The second-order valence-corrected chi connectivity index (χ2v) is 5.64. The molecule has 1 aliphatic heterocycles. The zero-order valence-corrected chi connectivity index (χ0v) is 10.6. The molecular weight excluding hydrogens is 258 g/mol. The highest BCUT2D eigenvalue weighted by atomic mass is 32.1. The van der Waals surface area contributed by atoms with Crippen molar-refractivity contribution in [2.75, 3.05) is 0 Å². The number of rotatable bonds is 0. The zero-order chi connectivity index (χ0) is 12.4. The first-order valence-corrected chi connectivity index (χ1v) is 6.86. The summed E-state index contributed by atoms with van der Waals surface area (Å²) in [6.07, 6.45) is 5.51. The molecule has 0 atom stereocenters. The molecule has 19 heavy (non-hydrogen) atoms. The van der Waals surface area contributed by atoms with Crippen LogP contribution in [0.1, 0.15) is 5.56 Å². The van der Waals surface area contributed by atoms with Crippen LogP contribution >= 0.6 is 11.3 Å². The van der Waals surface area contributed by atoms with Gasteiger partial charge >= 0.3 is 10.7 Å². The van der Waals surface area contributed by atoms with Gasteiger partial charge in [0.15, 0.2) is 6.54 Å². The second kappa shape index (κ2) is 3.19. The number of hydrogen-bond acceptors (Lipinski definition) is 4. The Balaban J connectivity index is 1.93. The number of nitrogens with zero attached hydrogens (tertiary/aromatic N) is 3. The van der Waals surface area contributed by atoms with Crippen molar-refractivity contribution >= 4 is 32.0 Å². The standard InChI is InChI=1S/C14H8N3OS/c1-2-10-11(16-4-1)12-14(19-10)17-7-8-3-5-15-6-9(8)13(17)18-12/h1-6H,7H2/q+1. The van der Waals surface area contributed by atoms with Crippen LogP contribution < -0.4 is 4.57 Å². The van der Waals surface area contributed by atoms with E-state index in [4.69, 9.17) is 4.42 Å². The van der Waals surface area contributed by atoms with Gasteiger partial charge in [-0.05, 0) is 18.2 Å². The van der Waals surface area contributed by atoms with E-state index in [0.717, 1.165) is 33.9 Å². The van der Waals surface area contributed by atoms with E-state index in [-0.39, 0.29) is 0 Å². The lowest BCUT2D eigenvalue weighted by Crippen LogP contribution is -2.29. The molecule has 0 aliphatic carbocycles. The summed E-state index contributed by atoms with van der Waals surface area (Å²) in [7, 11) is 0. The number of pyridine rings is 2. The highest BCUT2D eigenvalue weighted by Gasteiger charge is 2.36. The molecule has 4 aromatic heterocycles. The summed E-state index contributed by atoms with van der Waals surface area (Å²) in [6.45, 7) is 0.854. The van der Waals surface area contributed by atoms with E-state index in [9.17, 15) is 0 Å². The molecule has 0 saturated carbocycles. The molecule has 0 fully saturated rings. The van der Waals surface area contributed by atoms with Gasteiger partial charge in [0, 0.05) is 24.2 Å². The molecule has 0 amide bonds. The van der Waals surface area contributed by atoms with Crippen LogP contribution in [0.3, 0.4) is 0 Å². The fourth-order valence-corrected chi connectivity index (χ4v) is 3.76. The Kier molecular flexibility index (Phi) is 1.62. The van der Waals surface area contributed by atoms with Crippen LogP contribution in [0, 0.1) is 0 Å². The number of hydrogen-bond donors (Lipinski definition) is 0. The maximum Gasteiger partial charge on any atom is 0.384 e. The van der Waals surface area contributed by atoms with Gasteiger partial charge in [-0.3, -0.25) is 9.97 Å². The van der Waals surface area contributed by atoms with Gasteiger partial charge in [-0.25, -0.2) is 0 Å². The number of thiophene rings is 1. The Morgan fingerprint density at radius 3 is 3.26 bits per heavy atom. The van der Waals surface area contributed by atoms with Crippen molar-refractivity contribution in [1.82, 2.24) is 9.97 Å². The van der Waals surface area contributed by atoms with Gasteiger partial charge in [0.25, 0.3) is 0 Å². The third-order valence-electron chi connectivity index (χ3n) is 3.55. The molecule has 5 heteroatoms. The largest absolute Gasteiger partial charge is 0.394 e. The predicted molar refractivity (Wildman–Crippen MR) is 71.9 cm³/mol. The van der Waals surface area contributed by atoms with Gasteiger partial charge < -0.3 is 4.42 Å². The first-order chi connectivity index (χ1) is 9.42. The lowest BCUT2D eigenvalue weighted by Gasteiger charge is -1.88. The normalized spacial score (nSPS) is 13.1. The summed E-state index contributed by atoms with van der Waals surface area (Å²) < 4.78 is 9.44. The molecule has 5 heterocycles. The molecule has 1 aliphatic rings. The summed E-state index contributed by atoms with van der Waals surface area (Å²) in [5.41, 5.74) is 4.20. The summed E-state index contributed by atoms with van der Waals surface area (Å²) in [6, 6.07) is 6.09. The van der Waals surface area contributed by atoms with Crippen LogP contribution in [0.4, 0.5) is 0 Å². The Hall–Kier alpha value is -2.27. The predicted octanol–water partition coefficient (Wildman–Crippen LogP) is 2.75. The smallest absolute Gasteiger partial charge is 0.384 e. The minimum absolute atomic E-state index is 0.854. The maximum absolute atomic E-state index is 6.06. The van der Waals surface area contributed by atoms with E-state index < -0.39 is 0 Å². The fourth-order valence-electron chi connectivity index (χ4n) is 2.68. The highest BCUT2D eigenvalue weighted by molar-refractivity contribution is 7.24. The van der Waals surface area contributed by atoms with E-state index in [0.29, 0.717) is 0 Å². The Morgan fingerprint density at radius 1 is 1.26 bits per heavy atom. The van der Waals surface area contributed by atoms with Crippen LogP contribution in [0.5, 0.6) is 0 Å². The Morgan fingerprint density at radius 2 is 2.26 bits per heavy atom. The van der Waals surface area contributed by atoms with E-state index in [1.807, 2.05) is 24.7 Å². The summed E-state index contributed by atoms with van der Waals surface area (Å²) in [5.74, 6) is 0.900. The van der Waals surface area contributed by atoms with Gasteiger partial charge in [-0.2, -0.15) is 0 Å². The molecule has 4 nitrogen and oxygen atoms in total. The van der Waals surface area contributed by atoms with Gasteiger partial charge in [-0.1, -0.05) is 11.3 Å². The van der Waals surface area contributed by atoms with Crippen LogP contribution in [-0.2, 0) is 6.54 Å². The van der Waals surface area contributed by atoms with Crippen molar-refractivity contribution in [1.29, 1.82) is 0 Å². The second-order valence-electron chi connectivity index (χ2n) is 4.61. The molecule has 5 rings (SSSR count). The monoisotopic (exact) mass is 266 g/mol. The minimum Gasteiger partial charge on any atom is -0.394 e. The molecule has 0 radical (unpaired) electrons. The molecule has 90 valence electrons. The molecule has 4 aromatic rings. The first kappa shape index (κ1) is 9.63. The van der Waals surface area contributed by atoms with Gasteiger partial charge in [-0.15, -0.1) is 4.57 Å². The summed E-state index contributed by atoms with van der Waals surface area (Å²) in [4.78, 5) is 9.77. The van der Waals surface area contributed by atoms with Crippen LogP contribution in [0.15, 0.2) is 41.2 Å².